The Labute approximate surface area is 213 Å². The Balaban J connectivity index is 1.36. The van der Waals surface area contributed by atoms with E-state index in [9.17, 15) is 9.59 Å². The van der Waals surface area contributed by atoms with Crippen LogP contribution < -0.4 is 0 Å². The molecule has 0 bridgehead atoms. The molecule has 2 heterocycles. The molecule has 0 aromatic heterocycles. The third-order valence-electron chi connectivity index (χ3n) is 7.61. The van der Waals surface area contributed by atoms with E-state index in [1.54, 1.807) is 5.01 Å². The van der Waals surface area contributed by atoms with Crippen LogP contribution in [0.25, 0.3) is 6.08 Å². The highest BCUT2D eigenvalue weighted by atomic mass is 16.5. The molecule has 5 rings (SSSR count). The van der Waals surface area contributed by atoms with Gasteiger partial charge in [-0.1, -0.05) is 60.7 Å². The number of amides is 1. The highest BCUT2D eigenvalue weighted by Crippen LogP contribution is 2.44. The molecule has 6 nitrogen and oxygen atoms in total. The number of nitrogens with zero attached hydrogens (tertiary/aromatic N) is 3. The minimum atomic E-state index is -0.111. The molecule has 2 aromatic rings. The first kappa shape index (κ1) is 24.4. The van der Waals surface area contributed by atoms with E-state index in [-0.39, 0.29) is 29.8 Å². The van der Waals surface area contributed by atoms with E-state index in [2.05, 4.69) is 47.4 Å². The molecule has 1 amide bonds. The predicted molar refractivity (Wildman–Crippen MR) is 141 cm³/mol. The molecule has 0 radical (unpaired) electrons. The number of carbonyl (C=O) groups is 2. The minimum Gasteiger partial charge on any atom is -0.466 e. The number of rotatable bonds is 6. The highest BCUT2D eigenvalue weighted by molar-refractivity contribution is 6.08. The fourth-order valence-electron chi connectivity index (χ4n) is 5.79. The monoisotopic (exact) mass is 485 g/mol. The summed E-state index contributed by atoms with van der Waals surface area (Å²) in [5, 5.41) is 6.77. The Hall–Kier alpha value is -3.25. The number of hydrazone groups is 1. The summed E-state index contributed by atoms with van der Waals surface area (Å²) < 4.78 is 5.19. The van der Waals surface area contributed by atoms with Crippen molar-refractivity contribution >= 4 is 23.7 Å². The summed E-state index contributed by atoms with van der Waals surface area (Å²) in [5.41, 5.74) is 4.61. The van der Waals surface area contributed by atoms with Gasteiger partial charge in [0.15, 0.2) is 0 Å². The normalized spacial score (nSPS) is 23.9. The topological polar surface area (TPSA) is 62.2 Å². The third-order valence-corrected chi connectivity index (χ3v) is 7.61. The number of fused-ring (bicyclic) bond motifs is 1. The van der Waals surface area contributed by atoms with Crippen molar-refractivity contribution < 1.29 is 14.3 Å². The molecule has 0 spiro atoms. The van der Waals surface area contributed by atoms with E-state index < -0.39 is 0 Å². The quantitative estimate of drug-likeness (QED) is 0.535. The Bertz CT molecular complexity index is 1120. The molecule has 1 aliphatic carbocycles. The van der Waals surface area contributed by atoms with Gasteiger partial charge in [0, 0.05) is 5.92 Å². The number of allylic oxidation sites excluding steroid dienone is 1. The maximum absolute atomic E-state index is 13.7. The smallest absolute Gasteiger partial charge is 0.309 e. The number of ether oxygens (including phenoxy) is 1. The molecule has 6 heteroatoms. The molecular formula is C30H35N3O3. The van der Waals surface area contributed by atoms with Gasteiger partial charge in [0.2, 0.25) is 0 Å². The molecular weight excluding hydrogens is 450 g/mol. The van der Waals surface area contributed by atoms with Gasteiger partial charge in [-0.25, -0.2) is 5.01 Å². The van der Waals surface area contributed by atoms with Gasteiger partial charge in [-0.05, 0) is 74.9 Å². The molecule has 2 aromatic carbocycles. The highest BCUT2D eigenvalue weighted by Gasteiger charge is 2.44. The van der Waals surface area contributed by atoms with Crippen LogP contribution >= 0.6 is 0 Å². The number of carbonyl (C=O) groups excluding carboxylic acids is 2. The number of esters is 1. The van der Waals surface area contributed by atoms with Crippen LogP contribution in [0.15, 0.2) is 71.3 Å². The lowest BCUT2D eigenvalue weighted by atomic mass is 9.77. The van der Waals surface area contributed by atoms with E-state index in [4.69, 9.17) is 9.84 Å². The molecule has 2 fully saturated rings. The van der Waals surface area contributed by atoms with Gasteiger partial charge in [-0.3, -0.25) is 14.5 Å². The van der Waals surface area contributed by atoms with Crippen LogP contribution in [0.4, 0.5) is 0 Å². The van der Waals surface area contributed by atoms with Crippen molar-refractivity contribution in [3.05, 3.63) is 77.4 Å². The number of hydrogen-bond donors (Lipinski definition) is 0. The zero-order valence-corrected chi connectivity index (χ0v) is 21.0. The van der Waals surface area contributed by atoms with Gasteiger partial charge in [-0.2, -0.15) is 5.10 Å². The zero-order chi connectivity index (χ0) is 24.9. The van der Waals surface area contributed by atoms with Crippen LogP contribution in [0.1, 0.15) is 56.2 Å². The first-order chi connectivity index (χ1) is 17.6. The lowest BCUT2D eigenvalue weighted by Crippen LogP contribution is -2.43. The van der Waals surface area contributed by atoms with Crippen molar-refractivity contribution in [2.75, 3.05) is 26.2 Å². The number of benzene rings is 2. The number of hydrogen-bond acceptors (Lipinski definition) is 5. The molecule has 2 atom stereocenters. The van der Waals surface area contributed by atoms with E-state index in [0.717, 1.165) is 56.5 Å². The lowest BCUT2D eigenvalue weighted by molar-refractivity contribution is -0.149. The van der Waals surface area contributed by atoms with E-state index in [0.29, 0.717) is 13.2 Å². The summed E-state index contributed by atoms with van der Waals surface area (Å²) in [5.74, 6) is 0.0586. The molecule has 1 saturated carbocycles. The molecule has 2 aliphatic heterocycles. The summed E-state index contributed by atoms with van der Waals surface area (Å²) in [6.45, 7) is 4.01. The summed E-state index contributed by atoms with van der Waals surface area (Å²) in [4.78, 5) is 27.9. The molecule has 0 unspecified atom stereocenters. The minimum absolute atomic E-state index is 0.0272. The maximum Gasteiger partial charge on any atom is 0.309 e. The average Bonchev–Trinajstić information content (AvgIpc) is 3.31. The van der Waals surface area contributed by atoms with Crippen LogP contribution in [-0.2, 0) is 14.3 Å². The van der Waals surface area contributed by atoms with Gasteiger partial charge in [0.25, 0.3) is 5.91 Å². The molecule has 3 aliphatic rings. The summed E-state index contributed by atoms with van der Waals surface area (Å²) in [6, 6.07) is 20.6. The third kappa shape index (κ3) is 5.29. The van der Waals surface area contributed by atoms with Gasteiger partial charge in [-0.15, -0.1) is 0 Å². The van der Waals surface area contributed by atoms with Crippen LogP contribution in [0, 0.1) is 11.8 Å². The van der Waals surface area contributed by atoms with Crippen LogP contribution in [0.5, 0.6) is 0 Å². The van der Waals surface area contributed by atoms with Crippen LogP contribution in [0.2, 0.25) is 0 Å². The molecule has 0 N–H and O–H groups in total. The first-order valence-corrected chi connectivity index (χ1v) is 13.2. The Morgan fingerprint density at radius 3 is 2.39 bits per heavy atom. The zero-order valence-electron chi connectivity index (χ0n) is 21.0. The van der Waals surface area contributed by atoms with Gasteiger partial charge >= 0.3 is 5.97 Å². The van der Waals surface area contributed by atoms with Crippen LogP contribution in [0.3, 0.4) is 0 Å². The second kappa shape index (κ2) is 11.2. The van der Waals surface area contributed by atoms with E-state index in [1.165, 1.54) is 11.1 Å². The second-order valence-electron chi connectivity index (χ2n) is 9.96. The van der Waals surface area contributed by atoms with Crippen molar-refractivity contribution in [1.82, 2.24) is 9.91 Å². The van der Waals surface area contributed by atoms with Crippen LogP contribution in [-0.4, -0.2) is 53.7 Å². The van der Waals surface area contributed by atoms with Crippen molar-refractivity contribution in [3.63, 3.8) is 0 Å². The van der Waals surface area contributed by atoms with Crippen molar-refractivity contribution in [3.8, 4) is 0 Å². The summed E-state index contributed by atoms with van der Waals surface area (Å²) in [6.07, 6.45) is 6.80. The maximum atomic E-state index is 13.7. The average molecular weight is 486 g/mol. The Kier molecular flexibility index (Phi) is 7.61. The SMILES string of the molecule is CCOC(=O)C1CCN(CC(=O)N2N=C3/C(=C\c4ccccc4)CCC[C@@H]3[C@H]2c2ccccc2)CC1. The standard InChI is InChI=1S/C30H35N3O3/c1-2-36-30(35)24-16-18-32(19-17-24)21-27(34)33-29(23-12-7-4-8-13-23)26-15-9-14-25(28(26)31-33)20-22-10-5-3-6-11-22/h3-8,10-13,20,24,26,29H,2,9,14-19,21H2,1H3/b25-20-/t26-,29+/m0/s1. The van der Waals surface area contributed by atoms with Gasteiger partial charge in [0.1, 0.15) is 0 Å². The fourth-order valence-corrected chi connectivity index (χ4v) is 5.79. The van der Waals surface area contributed by atoms with E-state index >= 15 is 0 Å². The first-order valence-electron chi connectivity index (χ1n) is 13.2. The molecule has 36 heavy (non-hydrogen) atoms. The largest absolute Gasteiger partial charge is 0.466 e. The van der Waals surface area contributed by atoms with Gasteiger partial charge in [0.05, 0.1) is 30.8 Å². The predicted octanol–water partition coefficient (Wildman–Crippen LogP) is 5.08. The summed E-state index contributed by atoms with van der Waals surface area (Å²) in [7, 11) is 0. The summed E-state index contributed by atoms with van der Waals surface area (Å²) >= 11 is 0. The van der Waals surface area contributed by atoms with Crippen molar-refractivity contribution in [2.24, 2.45) is 16.9 Å². The lowest BCUT2D eigenvalue weighted by Gasteiger charge is -2.33. The van der Waals surface area contributed by atoms with Crippen molar-refractivity contribution in [2.45, 2.75) is 45.1 Å². The van der Waals surface area contributed by atoms with Crippen molar-refractivity contribution in [1.29, 1.82) is 0 Å². The number of likely N-dealkylation sites (tertiary alicyclic amines) is 1. The second-order valence-corrected chi connectivity index (χ2v) is 9.96. The Morgan fingerprint density at radius 1 is 1.00 bits per heavy atom. The molecule has 1 saturated heterocycles. The Morgan fingerprint density at radius 2 is 1.69 bits per heavy atom. The van der Waals surface area contributed by atoms with Gasteiger partial charge < -0.3 is 4.74 Å². The fraction of sp³-hybridized carbons (Fsp3) is 0.433. The molecule has 188 valence electrons. The number of piperidine rings is 1. The van der Waals surface area contributed by atoms with E-state index in [1.807, 2.05) is 31.2 Å².